The molecule has 0 spiro atoms. The molecule has 0 atom stereocenters. The molecule has 72 heavy (non-hydrogen) atoms. The molecule has 0 N–H and O–H groups in total. The van der Waals surface area contributed by atoms with Gasteiger partial charge in [0.2, 0.25) is 0 Å². The Morgan fingerprint density at radius 2 is 0.750 bits per heavy atom. The standard InChI is InChI=1S/C71H47N/c1-5-22-49(23-6-1)68-62-34-16-15-33-60(62)61-43-41-52(47-64(61)69(68)50-24-7-2-8-25-50)51-26-19-31-56(45-51)72(57-42-44-59-53(46-57)40-39-48-21-13-14-32-58(48)59)67-38-20-37-66-70(67)63-35-17-18-36-65(63)71(66,54-27-9-3-10-28-54)55-29-11-4-12-30-55/h1-47H. The van der Waals surface area contributed by atoms with Crippen LogP contribution in [0.25, 0.3) is 87.6 Å². The molecule has 336 valence electrons. The molecule has 0 aliphatic heterocycles. The minimum atomic E-state index is -0.537. The van der Waals surface area contributed by atoms with Crippen LogP contribution in [0.15, 0.2) is 285 Å². The first kappa shape index (κ1) is 41.7. The zero-order valence-electron chi connectivity index (χ0n) is 39.6. The van der Waals surface area contributed by atoms with Gasteiger partial charge in [0.15, 0.2) is 0 Å². The Balaban J connectivity index is 1.02. The van der Waals surface area contributed by atoms with E-state index in [1.54, 1.807) is 0 Å². The van der Waals surface area contributed by atoms with Gasteiger partial charge in [0.25, 0.3) is 0 Å². The number of nitrogens with zero attached hydrogens (tertiary/aromatic N) is 1. The monoisotopic (exact) mass is 913 g/mol. The number of hydrogen-bond acceptors (Lipinski definition) is 1. The number of hydrogen-bond donors (Lipinski definition) is 0. The van der Waals surface area contributed by atoms with Crippen LogP contribution in [0.1, 0.15) is 22.3 Å². The molecule has 0 unspecified atom stereocenters. The average Bonchev–Trinajstić information content (AvgIpc) is 3.77. The fraction of sp³-hybridized carbons (Fsp3) is 0.0141. The lowest BCUT2D eigenvalue weighted by molar-refractivity contribution is 0.768. The minimum absolute atomic E-state index is 0.537. The van der Waals surface area contributed by atoms with E-state index in [-0.39, 0.29) is 0 Å². The van der Waals surface area contributed by atoms with Crippen LogP contribution in [0.3, 0.4) is 0 Å². The van der Waals surface area contributed by atoms with Crippen molar-refractivity contribution >= 4 is 60.2 Å². The van der Waals surface area contributed by atoms with Crippen LogP contribution in [0, 0.1) is 0 Å². The molecule has 1 heteroatoms. The number of rotatable bonds is 8. The van der Waals surface area contributed by atoms with Crippen LogP contribution in [0.4, 0.5) is 17.1 Å². The van der Waals surface area contributed by atoms with E-state index in [1.807, 2.05) is 0 Å². The van der Waals surface area contributed by atoms with Crippen molar-refractivity contribution in [2.75, 3.05) is 4.90 Å². The largest absolute Gasteiger partial charge is 0.310 e. The molecule has 0 fully saturated rings. The molecule has 0 aromatic heterocycles. The van der Waals surface area contributed by atoms with Crippen molar-refractivity contribution in [3.05, 3.63) is 307 Å². The summed E-state index contributed by atoms with van der Waals surface area (Å²) >= 11 is 0. The van der Waals surface area contributed by atoms with Crippen molar-refractivity contribution < 1.29 is 0 Å². The second-order valence-corrected chi connectivity index (χ2v) is 19.1. The Morgan fingerprint density at radius 3 is 1.49 bits per heavy atom. The second kappa shape index (κ2) is 17.0. The van der Waals surface area contributed by atoms with Gasteiger partial charge < -0.3 is 4.90 Å². The summed E-state index contributed by atoms with van der Waals surface area (Å²) in [5.74, 6) is 0. The van der Waals surface area contributed by atoms with E-state index in [1.165, 1.54) is 98.7 Å². The van der Waals surface area contributed by atoms with E-state index in [0.717, 1.165) is 28.2 Å². The van der Waals surface area contributed by atoms with Gasteiger partial charge in [-0.15, -0.1) is 0 Å². The summed E-state index contributed by atoms with van der Waals surface area (Å²) < 4.78 is 0. The van der Waals surface area contributed by atoms with Crippen molar-refractivity contribution in [3.63, 3.8) is 0 Å². The molecule has 1 nitrogen and oxygen atoms in total. The Labute approximate surface area is 420 Å². The van der Waals surface area contributed by atoms with Crippen molar-refractivity contribution in [1.82, 2.24) is 0 Å². The van der Waals surface area contributed by atoms with Crippen molar-refractivity contribution in [3.8, 4) is 44.5 Å². The Kier molecular flexibility index (Phi) is 9.82. The van der Waals surface area contributed by atoms with Gasteiger partial charge >= 0.3 is 0 Å². The van der Waals surface area contributed by atoms with Crippen LogP contribution in [0.2, 0.25) is 0 Å². The molecule has 0 saturated heterocycles. The third kappa shape index (κ3) is 6.48. The first-order chi connectivity index (χ1) is 35.7. The quantitative estimate of drug-likeness (QED) is 0.137. The van der Waals surface area contributed by atoms with Crippen LogP contribution in [0.5, 0.6) is 0 Å². The molecular formula is C71H47N. The molecule has 0 saturated carbocycles. The average molecular weight is 914 g/mol. The van der Waals surface area contributed by atoms with Gasteiger partial charge in [0.05, 0.1) is 11.1 Å². The summed E-state index contributed by atoms with van der Waals surface area (Å²) in [4.78, 5) is 2.51. The Bertz CT molecular complexity index is 4160. The van der Waals surface area contributed by atoms with Gasteiger partial charge in [-0.25, -0.2) is 0 Å². The van der Waals surface area contributed by atoms with Gasteiger partial charge in [-0.2, -0.15) is 0 Å². The second-order valence-electron chi connectivity index (χ2n) is 19.1. The fourth-order valence-corrected chi connectivity index (χ4v) is 12.2. The minimum Gasteiger partial charge on any atom is -0.310 e. The molecule has 1 aliphatic carbocycles. The normalized spacial score (nSPS) is 12.6. The lowest BCUT2D eigenvalue weighted by Gasteiger charge is -2.34. The van der Waals surface area contributed by atoms with Crippen molar-refractivity contribution in [2.24, 2.45) is 0 Å². The molecule has 1 aliphatic rings. The smallest absolute Gasteiger partial charge is 0.0714 e. The molecule has 13 aromatic carbocycles. The van der Waals surface area contributed by atoms with E-state index >= 15 is 0 Å². The number of fused-ring (bicyclic) bond motifs is 9. The topological polar surface area (TPSA) is 3.24 Å². The Morgan fingerprint density at radius 1 is 0.250 bits per heavy atom. The summed E-state index contributed by atoms with van der Waals surface area (Å²) in [5.41, 5.74) is 17.6. The van der Waals surface area contributed by atoms with E-state index in [4.69, 9.17) is 0 Å². The molecule has 0 amide bonds. The predicted octanol–water partition coefficient (Wildman–Crippen LogP) is 19.1. The maximum absolute atomic E-state index is 2.51. The highest BCUT2D eigenvalue weighted by molar-refractivity contribution is 6.22. The lowest BCUT2D eigenvalue weighted by Crippen LogP contribution is -2.28. The fourth-order valence-electron chi connectivity index (χ4n) is 12.2. The van der Waals surface area contributed by atoms with Gasteiger partial charge in [0.1, 0.15) is 0 Å². The summed E-state index contributed by atoms with van der Waals surface area (Å²) in [5, 5.41) is 9.93. The van der Waals surface area contributed by atoms with Crippen LogP contribution in [-0.4, -0.2) is 0 Å². The third-order valence-electron chi connectivity index (χ3n) is 15.3. The summed E-state index contributed by atoms with van der Waals surface area (Å²) in [6.07, 6.45) is 0. The predicted molar refractivity (Wildman–Crippen MR) is 305 cm³/mol. The van der Waals surface area contributed by atoms with Gasteiger partial charge in [-0.05, 0) is 141 Å². The maximum Gasteiger partial charge on any atom is 0.0714 e. The van der Waals surface area contributed by atoms with Gasteiger partial charge in [-0.3, -0.25) is 0 Å². The highest BCUT2D eigenvalue weighted by Crippen LogP contribution is 2.60. The highest BCUT2D eigenvalue weighted by Gasteiger charge is 2.47. The first-order valence-electron chi connectivity index (χ1n) is 25.0. The molecule has 0 bridgehead atoms. The van der Waals surface area contributed by atoms with E-state index in [0.29, 0.717) is 0 Å². The number of anilines is 3. The molecule has 0 heterocycles. The molecular weight excluding hydrogens is 867 g/mol. The van der Waals surface area contributed by atoms with Gasteiger partial charge in [-0.1, -0.05) is 249 Å². The summed E-state index contributed by atoms with van der Waals surface area (Å²) in [6.45, 7) is 0. The van der Waals surface area contributed by atoms with Crippen molar-refractivity contribution in [1.29, 1.82) is 0 Å². The van der Waals surface area contributed by atoms with E-state index in [9.17, 15) is 0 Å². The highest BCUT2D eigenvalue weighted by atomic mass is 15.1. The lowest BCUT2D eigenvalue weighted by atomic mass is 9.68. The molecule has 14 rings (SSSR count). The Hall–Kier alpha value is -9.30. The van der Waals surface area contributed by atoms with Gasteiger partial charge in [0, 0.05) is 16.9 Å². The van der Waals surface area contributed by atoms with Crippen LogP contribution >= 0.6 is 0 Å². The zero-order valence-corrected chi connectivity index (χ0v) is 39.6. The summed E-state index contributed by atoms with van der Waals surface area (Å²) in [6, 6.07) is 106. The van der Waals surface area contributed by atoms with Crippen LogP contribution < -0.4 is 4.90 Å². The maximum atomic E-state index is 2.51. The third-order valence-corrected chi connectivity index (χ3v) is 15.3. The van der Waals surface area contributed by atoms with E-state index in [2.05, 4.69) is 290 Å². The van der Waals surface area contributed by atoms with E-state index < -0.39 is 5.41 Å². The SMILES string of the molecule is c1ccc(-c2c(-c3ccccc3)c3cc(-c4cccc(N(c5ccc6c(ccc7ccccc76)c5)c5cccc6c5-c5ccccc5C6(c5ccccc5)c5ccccc5)c4)ccc3c3ccccc23)cc1. The summed E-state index contributed by atoms with van der Waals surface area (Å²) in [7, 11) is 0. The first-order valence-corrected chi connectivity index (χ1v) is 25.0. The number of benzene rings is 13. The van der Waals surface area contributed by atoms with Crippen LogP contribution in [-0.2, 0) is 5.41 Å². The zero-order chi connectivity index (χ0) is 47.6. The van der Waals surface area contributed by atoms with Crippen molar-refractivity contribution in [2.45, 2.75) is 5.41 Å². The molecule has 13 aromatic rings. The molecule has 0 radical (unpaired) electrons.